The summed E-state index contributed by atoms with van der Waals surface area (Å²) < 4.78 is 1.72. The van der Waals surface area contributed by atoms with Crippen LogP contribution in [0.3, 0.4) is 0 Å². The Kier molecular flexibility index (Phi) is 5.14. The van der Waals surface area contributed by atoms with E-state index in [1.807, 2.05) is 5.38 Å². The van der Waals surface area contributed by atoms with Crippen LogP contribution in [0.2, 0.25) is 0 Å². The first-order valence-corrected chi connectivity index (χ1v) is 11.2. The van der Waals surface area contributed by atoms with Crippen LogP contribution in [-0.2, 0) is 13.5 Å². The number of rotatable bonds is 5. The molecule has 33 heavy (non-hydrogen) atoms. The highest BCUT2D eigenvalue weighted by molar-refractivity contribution is 7.08. The monoisotopic (exact) mass is 461 g/mol. The molecule has 0 aliphatic heterocycles. The smallest absolute Gasteiger partial charge is 0.335 e. The molecule has 0 saturated carbocycles. The van der Waals surface area contributed by atoms with Gasteiger partial charge < -0.3 is 20.3 Å². The van der Waals surface area contributed by atoms with Crippen LogP contribution < -0.4 is 10.6 Å². The van der Waals surface area contributed by atoms with E-state index in [1.165, 1.54) is 17.7 Å². The summed E-state index contributed by atoms with van der Waals surface area (Å²) in [5.41, 5.74) is 4.30. The normalized spacial score (nSPS) is 14.8. The highest BCUT2D eigenvalue weighted by Crippen LogP contribution is 2.33. The van der Waals surface area contributed by atoms with Crippen LogP contribution in [0, 0.1) is 0 Å². The number of benzene rings is 1. The highest BCUT2D eigenvalue weighted by atomic mass is 32.1. The third kappa shape index (κ3) is 3.74. The van der Waals surface area contributed by atoms with Crippen LogP contribution in [0.1, 0.15) is 54.8 Å². The van der Waals surface area contributed by atoms with Gasteiger partial charge in [-0.2, -0.15) is 11.3 Å². The van der Waals surface area contributed by atoms with Gasteiger partial charge in [0.25, 0.3) is 11.8 Å². The highest BCUT2D eigenvalue weighted by Gasteiger charge is 2.27. The molecule has 9 nitrogen and oxygen atoms in total. The van der Waals surface area contributed by atoms with Crippen molar-refractivity contribution in [2.75, 3.05) is 5.32 Å². The van der Waals surface area contributed by atoms with E-state index in [0.717, 1.165) is 11.1 Å². The number of carboxylic acid groups (broad SMARTS) is 1. The average Bonchev–Trinajstić information content (AvgIpc) is 3.54. The van der Waals surface area contributed by atoms with E-state index in [0.29, 0.717) is 35.1 Å². The van der Waals surface area contributed by atoms with Crippen molar-refractivity contribution in [3.8, 4) is 0 Å². The first-order valence-electron chi connectivity index (χ1n) is 10.2. The van der Waals surface area contributed by atoms with Gasteiger partial charge in [0.1, 0.15) is 17.4 Å². The number of aryl methyl sites for hydroxylation is 2. The molecule has 1 aliphatic carbocycles. The fourth-order valence-electron chi connectivity index (χ4n) is 4.20. The first kappa shape index (κ1) is 20.8. The van der Waals surface area contributed by atoms with Crippen LogP contribution in [0.4, 0.5) is 5.69 Å². The van der Waals surface area contributed by atoms with Gasteiger partial charge in [-0.3, -0.25) is 9.59 Å². The lowest BCUT2D eigenvalue weighted by Crippen LogP contribution is -2.28. The predicted octanol–water partition coefficient (Wildman–Crippen LogP) is 3.40. The minimum atomic E-state index is -0.973. The number of carbonyl (C=O) groups is 3. The van der Waals surface area contributed by atoms with Crippen LogP contribution in [-0.4, -0.2) is 37.4 Å². The van der Waals surface area contributed by atoms with Gasteiger partial charge in [0.05, 0.1) is 22.9 Å². The Morgan fingerprint density at radius 3 is 2.76 bits per heavy atom. The minimum Gasteiger partial charge on any atom is -0.478 e. The van der Waals surface area contributed by atoms with Crippen LogP contribution in [0.5, 0.6) is 0 Å². The molecule has 0 spiro atoms. The molecule has 5 rings (SSSR count). The fraction of sp³-hybridized carbons (Fsp3) is 0.174. The van der Waals surface area contributed by atoms with Crippen molar-refractivity contribution in [2.45, 2.75) is 18.9 Å². The van der Waals surface area contributed by atoms with E-state index in [2.05, 4.69) is 20.6 Å². The zero-order valence-corrected chi connectivity index (χ0v) is 18.3. The summed E-state index contributed by atoms with van der Waals surface area (Å²) in [5, 5.41) is 18.7. The number of anilines is 1. The number of carbonyl (C=O) groups excluding carboxylic acids is 2. The second-order valence-corrected chi connectivity index (χ2v) is 8.60. The Balaban J connectivity index is 1.42. The maximum atomic E-state index is 13.2. The van der Waals surface area contributed by atoms with E-state index < -0.39 is 5.97 Å². The number of fused-ring (bicyclic) bond motifs is 2. The molecule has 3 aromatic heterocycles. The number of amides is 2. The van der Waals surface area contributed by atoms with Crippen LogP contribution >= 0.6 is 11.3 Å². The van der Waals surface area contributed by atoms with Crippen molar-refractivity contribution < 1.29 is 19.5 Å². The molecule has 0 unspecified atom stereocenters. The lowest BCUT2D eigenvalue weighted by molar-refractivity contribution is 0.0696. The quantitative estimate of drug-likeness (QED) is 0.418. The van der Waals surface area contributed by atoms with E-state index in [1.54, 1.807) is 47.5 Å². The third-order valence-electron chi connectivity index (χ3n) is 5.77. The molecule has 0 radical (unpaired) electrons. The van der Waals surface area contributed by atoms with E-state index in [-0.39, 0.29) is 29.1 Å². The number of aromatic nitrogens is 3. The van der Waals surface area contributed by atoms with Crippen LogP contribution in [0.15, 0.2) is 47.5 Å². The molecule has 0 saturated heterocycles. The first-order chi connectivity index (χ1) is 15.9. The van der Waals surface area contributed by atoms with Crippen molar-refractivity contribution in [1.29, 1.82) is 0 Å². The molecule has 4 aromatic rings. The van der Waals surface area contributed by atoms with Crippen molar-refractivity contribution in [3.05, 3.63) is 75.5 Å². The summed E-state index contributed by atoms with van der Waals surface area (Å²) in [6, 6.07) is 6.46. The SMILES string of the molecule is Cn1cc(NC(=O)c2ccsc2)c2ncnc(C(=O)N[C@H]3CCc4cc(C(=O)O)ccc43)c21. The van der Waals surface area contributed by atoms with E-state index >= 15 is 0 Å². The summed E-state index contributed by atoms with van der Waals surface area (Å²) in [6.07, 6.45) is 4.37. The van der Waals surface area contributed by atoms with Gasteiger partial charge in [-0.1, -0.05) is 6.07 Å². The van der Waals surface area contributed by atoms with Crippen molar-refractivity contribution >= 4 is 45.8 Å². The Labute approximate surface area is 192 Å². The standard InChI is InChI=1S/C23H19N5O4S/c1-28-9-17(27-21(29)14-6-7-33-10-14)18-20(28)19(25-11-24-18)22(30)26-16-5-3-12-8-13(23(31)32)2-4-15(12)16/h2,4,6-11,16H,3,5H2,1H3,(H,26,30)(H,27,29)(H,31,32)/t16-/m0/s1. The van der Waals surface area contributed by atoms with Gasteiger partial charge in [-0.15, -0.1) is 0 Å². The topological polar surface area (TPSA) is 126 Å². The molecule has 1 aliphatic rings. The third-order valence-corrected chi connectivity index (χ3v) is 6.46. The predicted molar refractivity (Wildman–Crippen MR) is 123 cm³/mol. The maximum Gasteiger partial charge on any atom is 0.335 e. The van der Waals surface area contributed by atoms with Crippen molar-refractivity contribution in [2.24, 2.45) is 7.05 Å². The Morgan fingerprint density at radius 1 is 1.15 bits per heavy atom. The van der Waals surface area contributed by atoms with Gasteiger partial charge in [0.15, 0.2) is 5.69 Å². The molecular formula is C23H19N5O4S. The van der Waals surface area contributed by atoms with E-state index in [4.69, 9.17) is 0 Å². The second-order valence-electron chi connectivity index (χ2n) is 7.82. The summed E-state index contributed by atoms with van der Waals surface area (Å²) in [4.78, 5) is 45.4. The number of thiophene rings is 1. The van der Waals surface area contributed by atoms with Gasteiger partial charge >= 0.3 is 5.97 Å². The number of nitrogens with one attached hydrogen (secondary N) is 2. The zero-order chi connectivity index (χ0) is 23.1. The van der Waals surface area contributed by atoms with Crippen molar-refractivity contribution in [1.82, 2.24) is 19.9 Å². The largest absolute Gasteiger partial charge is 0.478 e. The molecule has 10 heteroatoms. The Morgan fingerprint density at radius 2 is 2.00 bits per heavy atom. The Hall–Kier alpha value is -4.05. The molecule has 0 fully saturated rings. The lowest BCUT2D eigenvalue weighted by Gasteiger charge is -2.14. The molecule has 2 amide bonds. The molecule has 1 aromatic carbocycles. The zero-order valence-electron chi connectivity index (χ0n) is 17.5. The van der Waals surface area contributed by atoms with Gasteiger partial charge in [-0.25, -0.2) is 14.8 Å². The number of hydrogen-bond donors (Lipinski definition) is 3. The number of nitrogens with zero attached hydrogens (tertiary/aromatic N) is 3. The summed E-state index contributed by atoms with van der Waals surface area (Å²) in [6.45, 7) is 0. The number of carboxylic acids is 1. The average molecular weight is 462 g/mol. The second kappa shape index (κ2) is 8.14. The van der Waals surface area contributed by atoms with Gasteiger partial charge in [0.2, 0.25) is 0 Å². The Bertz CT molecular complexity index is 1410. The molecular weight excluding hydrogens is 442 g/mol. The summed E-state index contributed by atoms with van der Waals surface area (Å²) in [7, 11) is 1.76. The molecule has 3 N–H and O–H groups in total. The van der Waals surface area contributed by atoms with Gasteiger partial charge in [-0.05, 0) is 47.5 Å². The lowest BCUT2D eigenvalue weighted by atomic mass is 10.0. The molecule has 166 valence electrons. The van der Waals surface area contributed by atoms with E-state index in [9.17, 15) is 19.5 Å². The fourth-order valence-corrected chi connectivity index (χ4v) is 4.84. The molecule has 0 bridgehead atoms. The summed E-state index contributed by atoms with van der Waals surface area (Å²) >= 11 is 1.43. The van der Waals surface area contributed by atoms with Crippen molar-refractivity contribution in [3.63, 3.8) is 0 Å². The van der Waals surface area contributed by atoms with Gasteiger partial charge in [0, 0.05) is 18.6 Å². The number of aromatic carboxylic acids is 1. The maximum absolute atomic E-state index is 13.2. The molecule has 3 heterocycles. The number of hydrogen-bond acceptors (Lipinski definition) is 6. The van der Waals surface area contributed by atoms with Crippen LogP contribution in [0.25, 0.3) is 11.0 Å². The molecule has 1 atom stereocenters. The minimum absolute atomic E-state index is 0.203. The summed E-state index contributed by atoms with van der Waals surface area (Å²) in [5.74, 6) is -1.59.